The minimum Gasteiger partial charge on any atom is -0.473 e. The van der Waals surface area contributed by atoms with Gasteiger partial charge in [-0.2, -0.15) is 0 Å². The minimum atomic E-state index is -1.82. The molecule has 1 saturated heterocycles. The normalized spacial score (nSPS) is 16.1. The number of nitrogens with zero attached hydrogens (tertiary/aromatic N) is 3. The number of hydrogen-bond donors (Lipinski definition) is 2. The Kier molecular flexibility index (Phi) is 7.73. The maximum absolute atomic E-state index is 9.10. The molecule has 0 spiro atoms. The Labute approximate surface area is 180 Å². The lowest BCUT2D eigenvalue weighted by Gasteiger charge is -2.35. The van der Waals surface area contributed by atoms with Gasteiger partial charge in [0.15, 0.2) is 0 Å². The average Bonchev–Trinajstić information content (AvgIpc) is 2.75. The molecule has 160 valence electrons. The third-order valence-electron chi connectivity index (χ3n) is 5.17. The Hall–Kier alpha value is -2.55. The lowest BCUT2D eigenvalue weighted by Crippen LogP contribution is -2.45. The zero-order valence-electron chi connectivity index (χ0n) is 17.0. The smallest absolute Gasteiger partial charge is 0.414 e. The van der Waals surface area contributed by atoms with Crippen LogP contribution >= 0.6 is 11.8 Å². The van der Waals surface area contributed by atoms with Crippen molar-refractivity contribution in [2.45, 2.75) is 16.2 Å². The second-order valence-corrected chi connectivity index (χ2v) is 8.38. The highest BCUT2D eigenvalue weighted by Gasteiger charge is 2.22. The van der Waals surface area contributed by atoms with Gasteiger partial charge in [0.05, 0.1) is 11.4 Å². The molecule has 30 heavy (non-hydrogen) atoms. The van der Waals surface area contributed by atoms with Crippen molar-refractivity contribution in [3.63, 3.8) is 0 Å². The summed E-state index contributed by atoms with van der Waals surface area (Å²) >= 11 is 1.89. The van der Waals surface area contributed by atoms with E-state index in [1.54, 1.807) is 0 Å². The van der Waals surface area contributed by atoms with Gasteiger partial charge >= 0.3 is 11.9 Å². The number of para-hydroxylation sites is 2. The Morgan fingerprint density at radius 1 is 0.833 bits per heavy atom. The summed E-state index contributed by atoms with van der Waals surface area (Å²) in [5, 5.41) is 14.8. The first kappa shape index (κ1) is 22.1. The van der Waals surface area contributed by atoms with E-state index in [0.717, 1.165) is 6.54 Å². The summed E-state index contributed by atoms with van der Waals surface area (Å²) < 4.78 is 0. The van der Waals surface area contributed by atoms with Crippen molar-refractivity contribution in [2.75, 3.05) is 51.2 Å². The molecule has 0 atom stereocenters. The van der Waals surface area contributed by atoms with Crippen molar-refractivity contribution < 1.29 is 19.8 Å². The highest BCUT2D eigenvalue weighted by molar-refractivity contribution is 7.99. The van der Waals surface area contributed by atoms with Crippen molar-refractivity contribution >= 4 is 35.1 Å². The molecule has 8 heteroatoms. The van der Waals surface area contributed by atoms with Crippen LogP contribution in [0, 0.1) is 0 Å². The number of anilines is 2. The fourth-order valence-corrected chi connectivity index (χ4v) is 4.64. The van der Waals surface area contributed by atoms with Crippen LogP contribution in [0.3, 0.4) is 0 Å². The number of rotatable bonds is 4. The van der Waals surface area contributed by atoms with Crippen molar-refractivity contribution in [1.29, 1.82) is 0 Å². The van der Waals surface area contributed by atoms with E-state index >= 15 is 0 Å². The van der Waals surface area contributed by atoms with E-state index in [0.29, 0.717) is 0 Å². The van der Waals surface area contributed by atoms with E-state index < -0.39 is 11.9 Å². The molecule has 7 nitrogen and oxygen atoms in total. The van der Waals surface area contributed by atoms with Crippen molar-refractivity contribution in [2.24, 2.45) is 0 Å². The molecule has 2 N–H and O–H groups in total. The van der Waals surface area contributed by atoms with Gasteiger partial charge in [-0.3, -0.25) is 0 Å². The molecule has 2 aromatic rings. The van der Waals surface area contributed by atoms with Crippen molar-refractivity contribution in [3.8, 4) is 0 Å². The molecule has 0 saturated carbocycles. The lowest BCUT2D eigenvalue weighted by atomic mass is 10.2. The van der Waals surface area contributed by atoms with Gasteiger partial charge in [0, 0.05) is 42.5 Å². The molecule has 2 aliphatic heterocycles. The quantitative estimate of drug-likeness (QED) is 0.718. The van der Waals surface area contributed by atoms with Gasteiger partial charge in [0.25, 0.3) is 0 Å². The van der Waals surface area contributed by atoms with Crippen LogP contribution in [0.2, 0.25) is 0 Å². The number of benzene rings is 2. The summed E-state index contributed by atoms with van der Waals surface area (Å²) in [6.45, 7) is 7.10. The van der Waals surface area contributed by atoms with Crippen LogP contribution in [-0.2, 0) is 9.59 Å². The van der Waals surface area contributed by atoms with Crippen LogP contribution in [0.15, 0.2) is 58.3 Å². The summed E-state index contributed by atoms with van der Waals surface area (Å²) in [6, 6.07) is 17.6. The molecule has 2 aliphatic rings. The fourth-order valence-electron chi connectivity index (χ4n) is 3.55. The second kappa shape index (κ2) is 10.5. The number of piperazine rings is 1. The number of carbonyl (C=O) groups is 2. The second-order valence-electron chi connectivity index (χ2n) is 7.30. The minimum absolute atomic E-state index is 1.08. The van der Waals surface area contributed by atoms with Gasteiger partial charge < -0.3 is 24.9 Å². The molecular weight excluding hydrogens is 402 g/mol. The molecule has 2 aromatic carbocycles. The maximum atomic E-state index is 9.10. The molecule has 0 unspecified atom stereocenters. The van der Waals surface area contributed by atoms with E-state index in [1.807, 2.05) is 11.8 Å². The molecule has 2 heterocycles. The summed E-state index contributed by atoms with van der Waals surface area (Å²) in [5.41, 5.74) is 2.72. The van der Waals surface area contributed by atoms with Gasteiger partial charge in [-0.1, -0.05) is 36.0 Å². The summed E-state index contributed by atoms with van der Waals surface area (Å²) in [6.07, 6.45) is 1.21. The Balaban J connectivity index is 0.000000377. The number of likely N-dealkylation sites (N-methyl/N-ethyl adjacent to an activating group) is 1. The Morgan fingerprint density at radius 3 is 1.83 bits per heavy atom. The fraction of sp³-hybridized carbons (Fsp3) is 0.364. The largest absolute Gasteiger partial charge is 0.473 e. The summed E-state index contributed by atoms with van der Waals surface area (Å²) in [5.74, 6) is -3.65. The number of hydrogen-bond acceptors (Lipinski definition) is 6. The van der Waals surface area contributed by atoms with Gasteiger partial charge in [-0.25, -0.2) is 9.59 Å². The number of carboxylic acid groups (broad SMARTS) is 2. The van der Waals surface area contributed by atoms with Crippen LogP contribution in [-0.4, -0.2) is 78.3 Å². The van der Waals surface area contributed by atoms with Crippen LogP contribution in [0.4, 0.5) is 11.4 Å². The zero-order valence-corrected chi connectivity index (χ0v) is 17.8. The van der Waals surface area contributed by atoms with E-state index in [4.69, 9.17) is 19.8 Å². The van der Waals surface area contributed by atoms with E-state index in [2.05, 4.69) is 70.3 Å². The first-order valence-corrected chi connectivity index (χ1v) is 10.8. The maximum Gasteiger partial charge on any atom is 0.414 e. The molecule has 0 amide bonds. The standard InChI is InChI=1S/C20H25N3S.C2H2O4/c1-21-13-15-22(16-14-21)11-6-12-23-17-7-2-4-9-19(17)24-20-10-5-3-8-18(20)23;3-1(4)2(5)6/h2-5,7-10H,6,11-16H2,1H3;(H,3,4)(H,5,6). The van der Waals surface area contributed by atoms with Crippen molar-refractivity contribution in [3.05, 3.63) is 48.5 Å². The van der Waals surface area contributed by atoms with Gasteiger partial charge in [0.2, 0.25) is 0 Å². The SMILES string of the molecule is CN1CCN(CCCN2c3ccccc3Sc3ccccc32)CC1.O=C(O)C(=O)O. The monoisotopic (exact) mass is 429 g/mol. The number of carboxylic acids is 2. The first-order chi connectivity index (χ1) is 14.5. The van der Waals surface area contributed by atoms with E-state index in [-0.39, 0.29) is 0 Å². The first-order valence-electron chi connectivity index (χ1n) is 9.96. The highest BCUT2D eigenvalue weighted by atomic mass is 32.2. The molecular formula is C22H27N3O4S. The predicted octanol–water partition coefficient (Wildman–Crippen LogP) is 3.08. The third kappa shape index (κ3) is 5.75. The van der Waals surface area contributed by atoms with Gasteiger partial charge in [-0.05, 0) is 44.3 Å². The number of fused-ring (bicyclic) bond motifs is 2. The molecule has 0 bridgehead atoms. The lowest BCUT2D eigenvalue weighted by molar-refractivity contribution is -0.159. The zero-order chi connectivity index (χ0) is 21.5. The topological polar surface area (TPSA) is 84.3 Å². The van der Waals surface area contributed by atoms with Gasteiger partial charge in [0.1, 0.15) is 0 Å². The Bertz CT molecular complexity index is 827. The van der Waals surface area contributed by atoms with Crippen LogP contribution in [0.1, 0.15) is 6.42 Å². The van der Waals surface area contributed by atoms with Crippen LogP contribution in [0.5, 0.6) is 0 Å². The van der Waals surface area contributed by atoms with Gasteiger partial charge in [-0.15, -0.1) is 0 Å². The molecule has 0 aromatic heterocycles. The molecule has 4 rings (SSSR count). The summed E-state index contributed by atoms with van der Waals surface area (Å²) in [7, 11) is 2.22. The van der Waals surface area contributed by atoms with E-state index in [1.165, 1.54) is 60.3 Å². The van der Waals surface area contributed by atoms with E-state index in [9.17, 15) is 0 Å². The number of aliphatic carboxylic acids is 2. The Morgan fingerprint density at radius 2 is 1.33 bits per heavy atom. The third-order valence-corrected chi connectivity index (χ3v) is 6.30. The van der Waals surface area contributed by atoms with Crippen LogP contribution < -0.4 is 4.90 Å². The summed E-state index contributed by atoms with van der Waals surface area (Å²) in [4.78, 5) is 28.5. The van der Waals surface area contributed by atoms with Crippen LogP contribution in [0.25, 0.3) is 0 Å². The molecule has 0 aliphatic carbocycles. The average molecular weight is 430 g/mol. The molecule has 1 fully saturated rings. The van der Waals surface area contributed by atoms with Crippen molar-refractivity contribution in [1.82, 2.24) is 9.80 Å². The molecule has 0 radical (unpaired) electrons. The highest BCUT2D eigenvalue weighted by Crippen LogP contribution is 2.47. The predicted molar refractivity (Wildman–Crippen MR) is 118 cm³/mol.